The van der Waals surface area contributed by atoms with Crippen molar-refractivity contribution in [1.82, 2.24) is 14.9 Å². The Bertz CT molecular complexity index is 579. The van der Waals surface area contributed by atoms with Crippen molar-refractivity contribution in [2.75, 3.05) is 38.8 Å². The molecular formula is C17H26N4O3. The van der Waals surface area contributed by atoms with Gasteiger partial charge in [0.15, 0.2) is 0 Å². The van der Waals surface area contributed by atoms with E-state index in [-0.39, 0.29) is 11.4 Å². The number of rotatable bonds is 3. The molecular weight excluding hydrogens is 308 g/mol. The predicted molar refractivity (Wildman–Crippen MR) is 90.6 cm³/mol. The lowest BCUT2D eigenvalue weighted by Gasteiger charge is -2.52. The first kappa shape index (κ1) is 16.8. The van der Waals surface area contributed by atoms with Gasteiger partial charge in [-0.1, -0.05) is 19.3 Å². The summed E-state index contributed by atoms with van der Waals surface area (Å²) < 4.78 is 10.5. The van der Waals surface area contributed by atoms with Gasteiger partial charge in [0.1, 0.15) is 0 Å². The molecule has 1 saturated heterocycles. The number of hydrogen-bond donors (Lipinski definition) is 0. The van der Waals surface area contributed by atoms with Crippen molar-refractivity contribution < 1.29 is 14.3 Å². The maximum Gasteiger partial charge on any atom is 0.232 e. The molecule has 0 atom stereocenters. The van der Waals surface area contributed by atoms with Gasteiger partial charge in [-0.15, -0.1) is 0 Å². The average Bonchev–Trinajstić information content (AvgIpc) is 2.61. The van der Waals surface area contributed by atoms with Crippen LogP contribution in [-0.4, -0.2) is 60.2 Å². The Labute approximate surface area is 143 Å². The molecule has 3 rings (SSSR count). The molecule has 1 amide bonds. The van der Waals surface area contributed by atoms with Crippen LogP contribution >= 0.6 is 0 Å². The van der Waals surface area contributed by atoms with Crippen molar-refractivity contribution in [1.29, 1.82) is 0 Å². The molecule has 2 heterocycles. The van der Waals surface area contributed by atoms with Gasteiger partial charge in [0.05, 0.1) is 25.8 Å². The zero-order chi connectivity index (χ0) is 17.2. The summed E-state index contributed by atoms with van der Waals surface area (Å²) in [5.74, 6) is 1.76. The van der Waals surface area contributed by atoms with Crippen LogP contribution in [0.15, 0.2) is 6.07 Å². The van der Waals surface area contributed by atoms with Gasteiger partial charge in [0.25, 0.3) is 0 Å². The number of hydrogen-bond acceptors (Lipinski definition) is 6. The minimum Gasteiger partial charge on any atom is -0.481 e. The second-order valence-electron chi connectivity index (χ2n) is 6.63. The average molecular weight is 334 g/mol. The van der Waals surface area contributed by atoms with Crippen molar-refractivity contribution in [2.45, 2.75) is 44.6 Å². The van der Waals surface area contributed by atoms with Crippen molar-refractivity contribution >= 4 is 11.9 Å². The van der Waals surface area contributed by atoms with Gasteiger partial charge in [0, 0.05) is 26.6 Å². The summed E-state index contributed by atoms with van der Waals surface area (Å²) in [7, 11) is 3.17. The Kier molecular flexibility index (Phi) is 4.78. The van der Waals surface area contributed by atoms with E-state index in [4.69, 9.17) is 9.47 Å². The van der Waals surface area contributed by atoms with Gasteiger partial charge in [-0.3, -0.25) is 4.79 Å². The second-order valence-corrected chi connectivity index (χ2v) is 6.63. The second kappa shape index (κ2) is 6.83. The monoisotopic (exact) mass is 334 g/mol. The molecule has 1 aromatic heterocycles. The minimum absolute atomic E-state index is 0.0952. The Balaban J connectivity index is 1.89. The first-order chi connectivity index (χ1) is 11.6. The van der Waals surface area contributed by atoms with E-state index in [9.17, 15) is 4.79 Å². The number of carbonyl (C=O) groups is 1. The van der Waals surface area contributed by atoms with Crippen LogP contribution in [0.4, 0.5) is 5.95 Å². The fourth-order valence-electron chi connectivity index (χ4n) is 4.02. The summed E-state index contributed by atoms with van der Waals surface area (Å²) in [4.78, 5) is 25.3. The zero-order valence-electron chi connectivity index (χ0n) is 14.7. The topological polar surface area (TPSA) is 67.8 Å². The highest BCUT2D eigenvalue weighted by Gasteiger charge is 2.44. The molecule has 0 N–H and O–H groups in total. The van der Waals surface area contributed by atoms with Crippen molar-refractivity contribution in [3.63, 3.8) is 0 Å². The highest BCUT2D eigenvalue weighted by Crippen LogP contribution is 2.37. The minimum atomic E-state index is -0.0952. The van der Waals surface area contributed by atoms with E-state index in [0.717, 1.165) is 25.9 Å². The Hall–Kier alpha value is -2.05. The van der Waals surface area contributed by atoms with Crippen LogP contribution in [0, 0.1) is 0 Å². The molecule has 24 heavy (non-hydrogen) atoms. The third-order valence-corrected chi connectivity index (χ3v) is 5.18. The van der Waals surface area contributed by atoms with Crippen LogP contribution < -0.4 is 14.4 Å². The highest BCUT2D eigenvalue weighted by molar-refractivity contribution is 5.74. The van der Waals surface area contributed by atoms with E-state index in [1.165, 1.54) is 19.3 Å². The van der Waals surface area contributed by atoms with Gasteiger partial charge in [-0.2, -0.15) is 9.97 Å². The Morgan fingerprint density at radius 2 is 1.71 bits per heavy atom. The number of aromatic nitrogens is 2. The van der Waals surface area contributed by atoms with Crippen LogP contribution in [-0.2, 0) is 4.79 Å². The molecule has 132 valence electrons. The van der Waals surface area contributed by atoms with Crippen LogP contribution in [0.5, 0.6) is 11.8 Å². The highest BCUT2D eigenvalue weighted by atomic mass is 16.5. The van der Waals surface area contributed by atoms with E-state index in [1.54, 1.807) is 27.2 Å². The maximum atomic E-state index is 12.2. The van der Waals surface area contributed by atoms with Crippen molar-refractivity contribution in [2.24, 2.45) is 0 Å². The van der Waals surface area contributed by atoms with E-state index in [1.807, 2.05) is 0 Å². The molecule has 0 unspecified atom stereocenters. The maximum absolute atomic E-state index is 12.2. The fraction of sp³-hybridized carbons (Fsp3) is 0.706. The third-order valence-electron chi connectivity index (χ3n) is 5.18. The number of nitrogens with zero attached hydrogens (tertiary/aromatic N) is 4. The molecule has 1 spiro atoms. The fourth-order valence-corrected chi connectivity index (χ4v) is 4.02. The Morgan fingerprint density at radius 1 is 1.08 bits per heavy atom. The summed E-state index contributed by atoms with van der Waals surface area (Å²) in [6, 6.07) is 1.67. The standard InChI is InChI=1S/C17H26N4O3/c1-13(22)21-10-9-20(12-17(21)7-5-4-6-8-17)16-18-14(23-2)11-15(19-16)24-3/h11H,4-10,12H2,1-3H3. The molecule has 2 fully saturated rings. The van der Waals surface area contributed by atoms with E-state index >= 15 is 0 Å². The summed E-state index contributed by atoms with van der Waals surface area (Å²) >= 11 is 0. The summed E-state index contributed by atoms with van der Waals surface area (Å²) in [6.07, 6.45) is 5.67. The van der Waals surface area contributed by atoms with E-state index in [2.05, 4.69) is 19.8 Å². The van der Waals surface area contributed by atoms with Crippen molar-refractivity contribution in [3.8, 4) is 11.8 Å². The lowest BCUT2D eigenvalue weighted by Crippen LogP contribution is -2.64. The Morgan fingerprint density at radius 3 is 2.25 bits per heavy atom. The lowest BCUT2D eigenvalue weighted by molar-refractivity contribution is -0.137. The van der Waals surface area contributed by atoms with Gasteiger partial charge in [-0.25, -0.2) is 0 Å². The van der Waals surface area contributed by atoms with Crippen LogP contribution in [0.3, 0.4) is 0 Å². The van der Waals surface area contributed by atoms with Crippen LogP contribution in [0.2, 0.25) is 0 Å². The first-order valence-corrected chi connectivity index (χ1v) is 8.58. The largest absolute Gasteiger partial charge is 0.481 e. The number of anilines is 1. The quantitative estimate of drug-likeness (QED) is 0.840. The van der Waals surface area contributed by atoms with Crippen LogP contribution in [0.25, 0.3) is 0 Å². The van der Waals surface area contributed by atoms with Crippen molar-refractivity contribution in [3.05, 3.63) is 6.07 Å². The zero-order valence-corrected chi connectivity index (χ0v) is 14.7. The van der Waals surface area contributed by atoms with Gasteiger partial charge in [0.2, 0.25) is 23.6 Å². The number of amides is 1. The molecule has 7 heteroatoms. The van der Waals surface area contributed by atoms with Gasteiger partial charge >= 0.3 is 0 Å². The number of ether oxygens (including phenoxy) is 2. The molecule has 1 aliphatic carbocycles. The van der Waals surface area contributed by atoms with Gasteiger partial charge < -0.3 is 19.3 Å². The molecule has 1 saturated carbocycles. The predicted octanol–water partition coefficient (Wildman–Crippen LogP) is 1.87. The molecule has 0 radical (unpaired) electrons. The molecule has 7 nitrogen and oxygen atoms in total. The first-order valence-electron chi connectivity index (χ1n) is 8.58. The van der Waals surface area contributed by atoms with E-state index in [0.29, 0.717) is 24.3 Å². The molecule has 2 aliphatic rings. The molecule has 0 aromatic carbocycles. The number of methoxy groups -OCH3 is 2. The normalized spacial score (nSPS) is 20.1. The summed E-state index contributed by atoms with van der Waals surface area (Å²) in [6.45, 7) is 3.87. The SMILES string of the molecule is COc1cc(OC)nc(N2CCN(C(C)=O)C3(CCCCC3)C2)n1. The number of piperazine rings is 1. The third kappa shape index (κ3) is 3.12. The number of carbonyl (C=O) groups excluding carboxylic acids is 1. The van der Waals surface area contributed by atoms with E-state index < -0.39 is 0 Å². The molecule has 1 aromatic rings. The molecule has 1 aliphatic heterocycles. The smallest absolute Gasteiger partial charge is 0.232 e. The van der Waals surface area contributed by atoms with Crippen LogP contribution in [0.1, 0.15) is 39.0 Å². The summed E-state index contributed by atoms with van der Waals surface area (Å²) in [5, 5.41) is 0. The molecule has 0 bridgehead atoms. The lowest BCUT2D eigenvalue weighted by atomic mass is 9.78. The summed E-state index contributed by atoms with van der Waals surface area (Å²) in [5.41, 5.74) is -0.0952. The van der Waals surface area contributed by atoms with Gasteiger partial charge in [-0.05, 0) is 12.8 Å².